The minimum absolute atomic E-state index is 0.659. The van der Waals surface area contributed by atoms with Crippen molar-refractivity contribution in [3.05, 3.63) is 11.9 Å². The van der Waals surface area contributed by atoms with Crippen LogP contribution in [-0.4, -0.2) is 29.7 Å². The number of nitrogen functional groups attached to an aromatic ring is 1. The summed E-state index contributed by atoms with van der Waals surface area (Å²) in [6.45, 7) is 4.63. The zero-order chi connectivity index (χ0) is 12.1. The standard InChI is InChI=1S/C11H19N5O/c1-8-10(14-7-15-11(8)16-12)13-4-2-9-3-5-17-6-9/h7,9H,2-6,12H2,1H3,(H2,13,14,15,16). The number of hydrogen-bond donors (Lipinski definition) is 3. The smallest absolute Gasteiger partial charge is 0.148 e. The van der Waals surface area contributed by atoms with Crippen molar-refractivity contribution in [2.75, 3.05) is 30.5 Å². The molecule has 1 fully saturated rings. The molecule has 17 heavy (non-hydrogen) atoms. The van der Waals surface area contributed by atoms with E-state index in [1.165, 1.54) is 12.7 Å². The Labute approximate surface area is 101 Å². The fourth-order valence-electron chi connectivity index (χ4n) is 1.98. The molecule has 6 heteroatoms. The first-order valence-corrected chi connectivity index (χ1v) is 5.91. The van der Waals surface area contributed by atoms with Gasteiger partial charge in [0.1, 0.15) is 18.0 Å². The highest BCUT2D eigenvalue weighted by Crippen LogP contribution is 2.19. The summed E-state index contributed by atoms with van der Waals surface area (Å²) in [5.41, 5.74) is 3.50. The summed E-state index contributed by atoms with van der Waals surface area (Å²) in [6.07, 6.45) is 3.78. The predicted molar refractivity (Wildman–Crippen MR) is 66.6 cm³/mol. The van der Waals surface area contributed by atoms with Crippen molar-refractivity contribution in [1.29, 1.82) is 0 Å². The van der Waals surface area contributed by atoms with Crippen LogP contribution in [0.25, 0.3) is 0 Å². The van der Waals surface area contributed by atoms with E-state index in [0.717, 1.165) is 37.6 Å². The molecule has 6 nitrogen and oxygen atoms in total. The van der Waals surface area contributed by atoms with Crippen LogP contribution < -0.4 is 16.6 Å². The van der Waals surface area contributed by atoms with Crippen molar-refractivity contribution < 1.29 is 4.74 Å². The lowest BCUT2D eigenvalue weighted by molar-refractivity contribution is 0.185. The third kappa shape index (κ3) is 3.04. The number of aromatic nitrogens is 2. The molecule has 1 aromatic heterocycles. The Morgan fingerprint density at radius 3 is 3.00 bits per heavy atom. The van der Waals surface area contributed by atoms with Crippen LogP contribution in [0.15, 0.2) is 6.33 Å². The maximum absolute atomic E-state index is 5.36. The van der Waals surface area contributed by atoms with E-state index in [4.69, 9.17) is 10.6 Å². The normalized spacial score (nSPS) is 19.3. The van der Waals surface area contributed by atoms with E-state index in [-0.39, 0.29) is 0 Å². The van der Waals surface area contributed by atoms with E-state index in [1.54, 1.807) is 0 Å². The Morgan fingerprint density at radius 2 is 2.29 bits per heavy atom. The van der Waals surface area contributed by atoms with Crippen LogP contribution in [-0.2, 0) is 4.74 Å². The second-order valence-electron chi connectivity index (χ2n) is 4.29. The Balaban J connectivity index is 1.85. The van der Waals surface area contributed by atoms with Gasteiger partial charge in [-0.15, -0.1) is 0 Å². The molecule has 1 aliphatic rings. The number of nitrogens with zero attached hydrogens (tertiary/aromatic N) is 2. The van der Waals surface area contributed by atoms with E-state index < -0.39 is 0 Å². The van der Waals surface area contributed by atoms with Crippen LogP contribution >= 0.6 is 0 Å². The molecule has 4 N–H and O–H groups in total. The van der Waals surface area contributed by atoms with Crippen molar-refractivity contribution in [1.82, 2.24) is 9.97 Å². The molecule has 1 aromatic rings. The van der Waals surface area contributed by atoms with Crippen molar-refractivity contribution >= 4 is 11.6 Å². The first-order valence-electron chi connectivity index (χ1n) is 5.91. The molecular formula is C11H19N5O. The number of nitrogens with one attached hydrogen (secondary N) is 2. The molecule has 0 spiro atoms. The Bertz CT molecular complexity index is 365. The molecule has 2 rings (SSSR count). The highest BCUT2D eigenvalue weighted by Gasteiger charge is 2.15. The van der Waals surface area contributed by atoms with Gasteiger partial charge in [-0.1, -0.05) is 0 Å². The zero-order valence-electron chi connectivity index (χ0n) is 10.1. The molecule has 1 unspecified atom stereocenters. The van der Waals surface area contributed by atoms with E-state index in [0.29, 0.717) is 11.7 Å². The molecular weight excluding hydrogens is 218 g/mol. The molecule has 1 aliphatic heterocycles. The Kier molecular flexibility index (Phi) is 4.11. The molecule has 0 saturated carbocycles. The van der Waals surface area contributed by atoms with Crippen LogP contribution in [0, 0.1) is 12.8 Å². The molecule has 94 valence electrons. The third-order valence-corrected chi connectivity index (χ3v) is 3.09. The number of hydrazine groups is 1. The highest BCUT2D eigenvalue weighted by molar-refractivity contribution is 5.55. The minimum Gasteiger partial charge on any atom is -0.381 e. The average Bonchev–Trinajstić information content (AvgIpc) is 2.84. The maximum atomic E-state index is 5.36. The summed E-state index contributed by atoms with van der Waals surface area (Å²) < 4.78 is 5.34. The maximum Gasteiger partial charge on any atom is 0.148 e. The fourth-order valence-corrected chi connectivity index (χ4v) is 1.98. The molecule has 0 aliphatic carbocycles. The van der Waals surface area contributed by atoms with Gasteiger partial charge >= 0.3 is 0 Å². The van der Waals surface area contributed by atoms with Crippen molar-refractivity contribution in [3.8, 4) is 0 Å². The SMILES string of the molecule is Cc1c(NN)ncnc1NCCC1CCOC1. The number of hydrogen-bond acceptors (Lipinski definition) is 6. The summed E-state index contributed by atoms with van der Waals surface area (Å²) in [5, 5.41) is 3.31. The molecule has 0 aromatic carbocycles. The van der Waals surface area contributed by atoms with Gasteiger partial charge in [-0.2, -0.15) is 0 Å². The third-order valence-electron chi connectivity index (χ3n) is 3.09. The van der Waals surface area contributed by atoms with Gasteiger partial charge in [0.25, 0.3) is 0 Å². The Hall–Kier alpha value is -1.40. The lowest BCUT2D eigenvalue weighted by atomic mass is 10.1. The van der Waals surface area contributed by atoms with Crippen molar-refractivity contribution in [2.24, 2.45) is 11.8 Å². The van der Waals surface area contributed by atoms with Gasteiger partial charge in [-0.3, -0.25) is 0 Å². The topological polar surface area (TPSA) is 85.1 Å². The second kappa shape index (κ2) is 5.79. The summed E-state index contributed by atoms with van der Waals surface area (Å²) in [4.78, 5) is 8.24. The lowest BCUT2D eigenvalue weighted by Crippen LogP contribution is -2.14. The number of rotatable bonds is 5. The van der Waals surface area contributed by atoms with Gasteiger partial charge in [0, 0.05) is 25.3 Å². The number of ether oxygens (including phenoxy) is 1. The van der Waals surface area contributed by atoms with E-state index >= 15 is 0 Å². The zero-order valence-corrected chi connectivity index (χ0v) is 10.1. The Morgan fingerprint density at radius 1 is 1.47 bits per heavy atom. The second-order valence-corrected chi connectivity index (χ2v) is 4.29. The summed E-state index contributed by atoms with van der Waals surface area (Å²) in [6, 6.07) is 0. The average molecular weight is 237 g/mol. The van der Waals surface area contributed by atoms with Crippen LogP contribution in [0.3, 0.4) is 0 Å². The monoisotopic (exact) mass is 237 g/mol. The van der Waals surface area contributed by atoms with Crippen LogP contribution in [0.2, 0.25) is 0 Å². The molecule has 1 atom stereocenters. The number of nitrogens with two attached hydrogens (primary N) is 1. The van der Waals surface area contributed by atoms with Gasteiger partial charge in [0.15, 0.2) is 0 Å². The molecule has 1 saturated heterocycles. The van der Waals surface area contributed by atoms with Crippen molar-refractivity contribution in [2.45, 2.75) is 19.8 Å². The van der Waals surface area contributed by atoms with Gasteiger partial charge in [-0.05, 0) is 25.7 Å². The van der Waals surface area contributed by atoms with Gasteiger partial charge in [-0.25, -0.2) is 15.8 Å². The highest BCUT2D eigenvalue weighted by atomic mass is 16.5. The fraction of sp³-hybridized carbons (Fsp3) is 0.636. The minimum atomic E-state index is 0.659. The van der Waals surface area contributed by atoms with Gasteiger partial charge < -0.3 is 15.5 Å². The van der Waals surface area contributed by atoms with E-state index in [2.05, 4.69) is 20.7 Å². The largest absolute Gasteiger partial charge is 0.381 e. The van der Waals surface area contributed by atoms with Gasteiger partial charge in [0.2, 0.25) is 0 Å². The summed E-state index contributed by atoms with van der Waals surface area (Å²) in [5.74, 6) is 7.54. The quantitative estimate of drug-likeness (QED) is 0.521. The number of anilines is 2. The van der Waals surface area contributed by atoms with E-state index in [9.17, 15) is 0 Å². The molecule has 0 bridgehead atoms. The molecule has 0 radical (unpaired) electrons. The molecule has 2 heterocycles. The lowest BCUT2D eigenvalue weighted by Gasteiger charge is -2.12. The van der Waals surface area contributed by atoms with Crippen LogP contribution in [0.5, 0.6) is 0 Å². The summed E-state index contributed by atoms with van der Waals surface area (Å²) >= 11 is 0. The summed E-state index contributed by atoms with van der Waals surface area (Å²) in [7, 11) is 0. The van der Waals surface area contributed by atoms with Crippen molar-refractivity contribution in [3.63, 3.8) is 0 Å². The first-order chi connectivity index (χ1) is 8.31. The van der Waals surface area contributed by atoms with Crippen LogP contribution in [0.1, 0.15) is 18.4 Å². The van der Waals surface area contributed by atoms with Gasteiger partial charge in [0.05, 0.1) is 0 Å². The predicted octanol–water partition coefficient (Wildman–Crippen LogP) is 0.909. The first kappa shape index (κ1) is 12.1. The molecule has 0 amide bonds. The van der Waals surface area contributed by atoms with E-state index in [1.807, 2.05) is 6.92 Å². The van der Waals surface area contributed by atoms with Crippen LogP contribution in [0.4, 0.5) is 11.6 Å².